The lowest BCUT2D eigenvalue weighted by atomic mass is 10.2. The van der Waals surface area contributed by atoms with E-state index in [2.05, 4.69) is 21.2 Å². The van der Waals surface area contributed by atoms with Gasteiger partial charge in [-0.15, -0.1) is 0 Å². The van der Waals surface area contributed by atoms with Gasteiger partial charge in [0.2, 0.25) is 0 Å². The Morgan fingerprint density at radius 1 is 1.37 bits per heavy atom. The molecule has 1 amide bonds. The van der Waals surface area contributed by atoms with Crippen molar-refractivity contribution in [2.45, 2.75) is 0 Å². The minimum atomic E-state index is -0.373. The Morgan fingerprint density at radius 2 is 2.05 bits per heavy atom. The average Bonchev–Trinajstić information content (AvgIpc) is 2.64. The van der Waals surface area contributed by atoms with Gasteiger partial charge in [0.25, 0.3) is 5.91 Å². The molecule has 0 saturated heterocycles. The molecule has 1 aromatic heterocycles. The van der Waals surface area contributed by atoms with Crippen LogP contribution in [0.2, 0.25) is 10.0 Å². The van der Waals surface area contributed by atoms with Crippen molar-refractivity contribution in [3.05, 3.63) is 44.6 Å². The number of amides is 1. The van der Waals surface area contributed by atoms with Crippen molar-refractivity contribution in [3.63, 3.8) is 0 Å². The summed E-state index contributed by atoms with van der Waals surface area (Å²) < 4.78 is 2.44. The number of anilines is 1. The van der Waals surface area contributed by atoms with E-state index < -0.39 is 0 Å². The van der Waals surface area contributed by atoms with Gasteiger partial charge in [-0.25, -0.2) is 0 Å². The van der Waals surface area contributed by atoms with Gasteiger partial charge in [0, 0.05) is 22.7 Å². The van der Waals surface area contributed by atoms with E-state index in [9.17, 15) is 9.90 Å². The van der Waals surface area contributed by atoms with Crippen molar-refractivity contribution < 1.29 is 9.90 Å². The number of aryl methyl sites for hydroxylation is 1. The zero-order chi connectivity index (χ0) is 14.2. The topological polar surface area (TPSA) is 54.3 Å². The van der Waals surface area contributed by atoms with Gasteiger partial charge in [-0.3, -0.25) is 4.79 Å². The zero-order valence-electron chi connectivity index (χ0n) is 9.75. The number of benzene rings is 1. The minimum Gasteiger partial charge on any atom is -0.504 e. The van der Waals surface area contributed by atoms with Gasteiger partial charge in [-0.2, -0.15) is 0 Å². The molecule has 0 aliphatic heterocycles. The number of carbonyl (C=O) groups excluding carboxylic acids is 1. The van der Waals surface area contributed by atoms with Crippen molar-refractivity contribution in [3.8, 4) is 5.75 Å². The van der Waals surface area contributed by atoms with E-state index >= 15 is 0 Å². The van der Waals surface area contributed by atoms with Crippen LogP contribution in [0.1, 0.15) is 10.5 Å². The molecule has 0 fully saturated rings. The lowest BCUT2D eigenvalue weighted by Crippen LogP contribution is -2.15. The van der Waals surface area contributed by atoms with Crippen LogP contribution in [-0.4, -0.2) is 15.6 Å². The summed E-state index contributed by atoms with van der Waals surface area (Å²) >= 11 is 14.9. The first-order valence-corrected chi connectivity index (χ1v) is 6.74. The molecule has 0 aliphatic carbocycles. The van der Waals surface area contributed by atoms with Crippen molar-refractivity contribution in [2.75, 3.05) is 5.32 Å². The third-order valence-corrected chi connectivity index (χ3v) is 3.42. The van der Waals surface area contributed by atoms with E-state index in [1.165, 1.54) is 12.1 Å². The van der Waals surface area contributed by atoms with Crippen molar-refractivity contribution in [1.82, 2.24) is 4.57 Å². The molecule has 4 nitrogen and oxygen atoms in total. The SMILES string of the molecule is Cn1cc(Br)cc1C(=O)Nc1cc(Cl)cc(Cl)c1O. The smallest absolute Gasteiger partial charge is 0.272 e. The van der Waals surface area contributed by atoms with Crippen LogP contribution in [0, 0.1) is 0 Å². The largest absolute Gasteiger partial charge is 0.504 e. The fourth-order valence-corrected chi connectivity index (χ4v) is 2.61. The molecule has 0 aliphatic rings. The number of phenols is 1. The summed E-state index contributed by atoms with van der Waals surface area (Å²) in [6, 6.07) is 4.49. The van der Waals surface area contributed by atoms with Crippen LogP contribution >= 0.6 is 39.1 Å². The van der Waals surface area contributed by atoms with Gasteiger partial charge in [-0.05, 0) is 34.1 Å². The molecule has 0 atom stereocenters. The molecule has 1 heterocycles. The first-order valence-electron chi connectivity index (χ1n) is 5.19. The van der Waals surface area contributed by atoms with E-state index in [1.807, 2.05) is 0 Å². The van der Waals surface area contributed by atoms with Crippen LogP contribution in [0.3, 0.4) is 0 Å². The highest BCUT2D eigenvalue weighted by molar-refractivity contribution is 9.10. The fourth-order valence-electron chi connectivity index (χ4n) is 1.60. The average molecular weight is 364 g/mol. The van der Waals surface area contributed by atoms with Crippen LogP contribution in [-0.2, 0) is 7.05 Å². The van der Waals surface area contributed by atoms with Crippen molar-refractivity contribution in [2.24, 2.45) is 7.05 Å². The standard InChI is InChI=1S/C12H9BrCl2N2O2/c1-17-5-6(13)2-10(17)12(19)16-9-4-7(14)3-8(15)11(9)18/h2-5,18H,1H3,(H,16,19). The molecule has 0 saturated carbocycles. The van der Waals surface area contributed by atoms with Crippen LogP contribution in [0.15, 0.2) is 28.9 Å². The second kappa shape index (κ2) is 5.45. The molecule has 2 aromatic rings. The molecule has 0 bridgehead atoms. The summed E-state index contributed by atoms with van der Waals surface area (Å²) in [6.07, 6.45) is 1.75. The number of carbonyl (C=O) groups is 1. The first kappa shape index (κ1) is 14.2. The Kier molecular flexibility index (Phi) is 4.08. The van der Waals surface area contributed by atoms with E-state index in [4.69, 9.17) is 23.2 Å². The van der Waals surface area contributed by atoms with Crippen LogP contribution in [0.5, 0.6) is 5.75 Å². The lowest BCUT2D eigenvalue weighted by Gasteiger charge is -2.09. The van der Waals surface area contributed by atoms with E-state index in [0.29, 0.717) is 10.7 Å². The normalized spacial score (nSPS) is 10.5. The van der Waals surface area contributed by atoms with E-state index in [-0.39, 0.29) is 22.4 Å². The maximum Gasteiger partial charge on any atom is 0.272 e. The van der Waals surface area contributed by atoms with Crippen LogP contribution in [0.4, 0.5) is 5.69 Å². The number of phenolic OH excluding ortho intramolecular Hbond substituents is 1. The molecule has 0 unspecified atom stereocenters. The number of aromatic hydroxyl groups is 1. The van der Waals surface area contributed by atoms with Crippen molar-refractivity contribution >= 4 is 50.7 Å². The molecule has 19 heavy (non-hydrogen) atoms. The predicted octanol–water partition coefficient (Wildman–Crippen LogP) is 4.05. The maximum absolute atomic E-state index is 12.1. The second-order valence-corrected chi connectivity index (χ2v) is 5.65. The monoisotopic (exact) mass is 362 g/mol. The summed E-state index contributed by atoms with van der Waals surface area (Å²) in [4.78, 5) is 12.1. The highest BCUT2D eigenvalue weighted by atomic mass is 79.9. The summed E-state index contributed by atoms with van der Waals surface area (Å²) in [6.45, 7) is 0. The first-order chi connectivity index (χ1) is 8.88. The zero-order valence-corrected chi connectivity index (χ0v) is 12.8. The van der Waals surface area contributed by atoms with Crippen molar-refractivity contribution in [1.29, 1.82) is 0 Å². The molecule has 1 aromatic carbocycles. The third kappa shape index (κ3) is 3.05. The molecule has 7 heteroatoms. The van der Waals surface area contributed by atoms with Gasteiger partial charge in [0.15, 0.2) is 5.75 Å². The summed E-state index contributed by atoms with van der Waals surface area (Å²) in [5.74, 6) is -0.588. The highest BCUT2D eigenvalue weighted by Crippen LogP contribution is 2.35. The van der Waals surface area contributed by atoms with Crippen LogP contribution < -0.4 is 5.32 Å². The summed E-state index contributed by atoms with van der Waals surface area (Å²) in [7, 11) is 1.74. The van der Waals surface area contributed by atoms with E-state index in [1.54, 1.807) is 23.9 Å². The second-order valence-electron chi connectivity index (χ2n) is 3.89. The number of rotatable bonds is 2. The Balaban J connectivity index is 2.31. The molecule has 2 N–H and O–H groups in total. The quantitative estimate of drug-likeness (QED) is 0.790. The molecule has 0 radical (unpaired) electrons. The van der Waals surface area contributed by atoms with E-state index in [0.717, 1.165) is 4.47 Å². The highest BCUT2D eigenvalue weighted by Gasteiger charge is 2.15. The molecule has 0 spiro atoms. The van der Waals surface area contributed by atoms with Gasteiger partial charge < -0.3 is 15.0 Å². The minimum absolute atomic E-state index is 0.0795. The lowest BCUT2D eigenvalue weighted by molar-refractivity contribution is 0.101. The Bertz CT molecular complexity index is 655. The fraction of sp³-hybridized carbons (Fsp3) is 0.0833. The summed E-state index contributed by atoms with van der Waals surface area (Å²) in [5, 5.41) is 12.7. The third-order valence-electron chi connectivity index (χ3n) is 2.48. The van der Waals surface area contributed by atoms with Gasteiger partial charge in [-0.1, -0.05) is 23.2 Å². The summed E-state index contributed by atoms with van der Waals surface area (Å²) in [5.41, 5.74) is 0.599. The van der Waals surface area contributed by atoms with Gasteiger partial charge >= 0.3 is 0 Å². The van der Waals surface area contributed by atoms with Crippen LogP contribution in [0.25, 0.3) is 0 Å². The molecular weight excluding hydrogens is 355 g/mol. The Morgan fingerprint density at radius 3 is 2.63 bits per heavy atom. The number of aromatic nitrogens is 1. The predicted molar refractivity (Wildman–Crippen MR) is 79.2 cm³/mol. The van der Waals surface area contributed by atoms with Gasteiger partial charge in [0.05, 0.1) is 10.7 Å². The maximum atomic E-state index is 12.1. The number of hydrogen-bond donors (Lipinski definition) is 2. The molecule has 100 valence electrons. The number of hydrogen-bond acceptors (Lipinski definition) is 2. The number of nitrogens with one attached hydrogen (secondary N) is 1. The molecular formula is C12H9BrCl2N2O2. The molecule has 2 rings (SSSR count). The Labute approximate surface area is 128 Å². The van der Waals surface area contributed by atoms with Gasteiger partial charge in [0.1, 0.15) is 5.69 Å². The Hall–Kier alpha value is -1.17. The number of nitrogens with zero attached hydrogens (tertiary/aromatic N) is 1. The number of halogens is 3.